The minimum absolute atomic E-state index is 0.149. The van der Waals surface area contributed by atoms with Crippen molar-refractivity contribution in [1.82, 2.24) is 14.9 Å². The molecule has 0 spiro atoms. The maximum Gasteiger partial charge on any atom is 0.247 e. The van der Waals surface area contributed by atoms with Crippen LogP contribution in [0.3, 0.4) is 0 Å². The van der Waals surface area contributed by atoms with E-state index in [1.165, 1.54) is 13.3 Å². The number of anilines is 6. The summed E-state index contributed by atoms with van der Waals surface area (Å²) in [4.78, 5) is 23.1. The first-order valence-electron chi connectivity index (χ1n) is 12.9. The van der Waals surface area contributed by atoms with E-state index in [2.05, 4.69) is 42.1 Å². The van der Waals surface area contributed by atoms with Crippen molar-refractivity contribution in [2.45, 2.75) is 0 Å². The van der Waals surface area contributed by atoms with Crippen molar-refractivity contribution in [2.24, 2.45) is 0 Å². The van der Waals surface area contributed by atoms with E-state index >= 15 is 0 Å². The summed E-state index contributed by atoms with van der Waals surface area (Å²) in [6, 6.07) is 10.0. The normalized spacial score (nSPS) is 13.6. The summed E-state index contributed by atoms with van der Waals surface area (Å²) in [6.07, 6.45) is 3.61. The summed E-state index contributed by atoms with van der Waals surface area (Å²) < 4.78 is 43.1. The van der Waals surface area contributed by atoms with Crippen LogP contribution in [0.25, 0.3) is 0 Å². The second-order valence-corrected chi connectivity index (χ2v) is 11.3. The van der Waals surface area contributed by atoms with Crippen molar-refractivity contribution >= 4 is 62.0 Å². The second kappa shape index (κ2) is 14.2. The van der Waals surface area contributed by atoms with E-state index in [1.54, 1.807) is 36.4 Å². The Labute approximate surface area is 249 Å². The van der Waals surface area contributed by atoms with Crippen LogP contribution in [0, 0.1) is 0 Å². The fourth-order valence-electron chi connectivity index (χ4n) is 3.98. The van der Waals surface area contributed by atoms with Crippen molar-refractivity contribution in [3.63, 3.8) is 0 Å². The van der Waals surface area contributed by atoms with Gasteiger partial charge in [0.25, 0.3) is 0 Å². The fraction of sp³-hybridized carbons (Fsp3) is 0.296. The number of carbonyl (C=O) groups excluding carboxylic acids is 1. The van der Waals surface area contributed by atoms with Gasteiger partial charge in [-0.05, 0) is 24.3 Å². The average Bonchev–Trinajstić information content (AvgIpc) is 2.96. The number of morpholine rings is 1. The third-order valence-corrected chi connectivity index (χ3v) is 6.85. The molecule has 2 heterocycles. The van der Waals surface area contributed by atoms with Crippen LogP contribution in [0.15, 0.2) is 55.3 Å². The Balaban J connectivity index is 1.58. The summed E-state index contributed by atoms with van der Waals surface area (Å²) in [6.45, 7) is 7.62. The number of amides is 1. The van der Waals surface area contributed by atoms with Crippen LogP contribution < -0.4 is 30.1 Å². The zero-order chi connectivity index (χ0) is 30.1. The van der Waals surface area contributed by atoms with Gasteiger partial charge in [0.1, 0.15) is 23.1 Å². The molecule has 224 valence electrons. The van der Waals surface area contributed by atoms with Gasteiger partial charge in [0, 0.05) is 25.7 Å². The molecule has 1 amide bonds. The summed E-state index contributed by atoms with van der Waals surface area (Å²) in [5.41, 5.74) is 1.57. The smallest absolute Gasteiger partial charge is 0.247 e. The summed E-state index contributed by atoms with van der Waals surface area (Å²) >= 11 is 6.35. The standard InChI is InChI=1S/C27H32ClN7O6S/c1-4-25(36)30-22-15-21(23(39-2)16-24(22)41-14-11-35-9-12-40-13-10-35)32-27-29-17-18(28)26(33-27)31-19-7-5-6-8-20(19)34-42(3,37)38/h4-8,15-17,34H,1,9-14H2,2-3H3,(H,30,36)(H2,29,31,32,33). The number of para-hydroxylation sites is 2. The highest BCUT2D eigenvalue weighted by molar-refractivity contribution is 7.92. The Morgan fingerprint density at radius 2 is 1.86 bits per heavy atom. The molecule has 15 heteroatoms. The topological polar surface area (TPSA) is 156 Å². The first kappa shape index (κ1) is 30.8. The number of nitrogens with zero attached hydrogens (tertiary/aromatic N) is 3. The van der Waals surface area contributed by atoms with Gasteiger partial charge in [-0.3, -0.25) is 14.4 Å². The lowest BCUT2D eigenvalue weighted by molar-refractivity contribution is -0.111. The molecule has 13 nitrogen and oxygen atoms in total. The van der Waals surface area contributed by atoms with Crippen LogP contribution in [0.5, 0.6) is 11.5 Å². The van der Waals surface area contributed by atoms with Gasteiger partial charge in [-0.25, -0.2) is 13.4 Å². The number of ether oxygens (including phenoxy) is 3. The molecule has 0 bridgehead atoms. The fourth-order valence-corrected chi connectivity index (χ4v) is 4.70. The van der Waals surface area contributed by atoms with Crippen molar-refractivity contribution in [2.75, 3.05) is 73.5 Å². The molecule has 0 atom stereocenters. The Bertz CT molecular complexity index is 1530. The van der Waals surface area contributed by atoms with Gasteiger partial charge in [-0.1, -0.05) is 30.3 Å². The zero-order valence-corrected chi connectivity index (χ0v) is 24.7. The average molecular weight is 618 g/mol. The number of hydrogen-bond acceptors (Lipinski definition) is 11. The molecule has 4 N–H and O–H groups in total. The van der Waals surface area contributed by atoms with E-state index in [1.807, 2.05) is 0 Å². The molecule has 1 aliphatic heterocycles. The van der Waals surface area contributed by atoms with Gasteiger partial charge in [-0.2, -0.15) is 4.98 Å². The second-order valence-electron chi connectivity index (χ2n) is 9.10. The molecule has 1 fully saturated rings. The van der Waals surface area contributed by atoms with Gasteiger partial charge in [0.15, 0.2) is 5.82 Å². The van der Waals surface area contributed by atoms with Gasteiger partial charge in [0.05, 0.1) is 55.5 Å². The van der Waals surface area contributed by atoms with Crippen LogP contribution in [-0.4, -0.2) is 82.0 Å². The monoisotopic (exact) mass is 617 g/mol. The zero-order valence-electron chi connectivity index (χ0n) is 23.1. The number of nitrogens with one attached hydrogen (secondary N) is 4. The van der Waals surface area contributed by atoms with E-state index < -0.39 is 15.9 Å². The Morgan fingerprint density at radius 1 is 1.12 bits per heavy atom. The molecule has 2 aromatic carbocycles. The quantitative estimate of drug-likeness (QED) is 0.207. The Hall–Kier alpha value is -4.11. The predicted molar refractivity (Wildman–Crippen MR) is 163 cm³/mol. The van der Waals surface area contributed by atoms with Crippen molar-refractivity contribution in [1.29, 1.82) is 0 Å². The largest absolute Gasteiger partial charge is 0.494 e. The van der Waals surface area contributed by atoms with Crippen LogP contribution in [0.2, 0.25) is 5.02 Å². The van der Waals surface area contributed by atoms with E-state index in [9.17, 15) is 13.2 Å². The number of rotatable bonds is 13. The number of hydrogen-bond donors (Lipinski definition) is 4. The number of benzene rings is 2. The highest BCUT2D eigenvalue weighted by Crippen LogP contribution is 2.38. The predicted octanol–water partition coefficient (Wildman–Crippen LogP) is 3.83. The van der Waals surface area contributed by atoms with Crippen LogP contribution >= 0.6 is 11.6 Å². The van der Waals surface area contributed by atoms with Gasteiger partial charge in [-0.15, -0.1) is 0 Å². The van der Waals surface area contributed by atoms with E-state index in [-0.39, 0.29) is 16.8 Å². The first-order chi connectivity index (χ1) is 20.1. The van der Waals surface area contributed by atoms with Crippen LogP contribution in [0.1, 0.15) is 0 Å². The third kappa shape index (κ3) is 8.69. The molecule has 0 unspecified atom stereocenters. The molecule has 1 aromatic heterocycles. The minimum atomic E-state index is -3.52. The SMILES string of the molecule is C=CC(=O)Nc1cc(Nc2ncc(Cl)c(Nc3ccccc3NS(C)(=O)=O)n2)c(OC)cc1OCCN1CCOCC1. The first-order valence-corrected chi connectivity index (χ1v) is 15.1. The highest BCUT2D eigenvalue weighted by atomic mass is 35.5. The van der Waals surface area contributed by atoms with E-state index in [0.717, 1.165) is 25.4 Å². The molecular weight excluding hydrogens is 586 g/mol. The molecule has 42 heavy (non-hydrogen) atoms. The van der Waals surface area contributed by atoms with Crippen molar-refractivity contribution in [3.8, 4) is 11.5 Å². The maximum absolute atomic E-state index is 12.2. The molecular formula is C27H32ClN7O6S. The van der Waals surface area contributed by atoms with Crippen LogP contribution in [-0.2, 0) is 19.6 Å². The maximum atomic E-state index is 12.2. The van der Waals surface area contributed by atoms with Gasteiger partial charge < -0.3 is 30.2 Å². The van der Waals surface area contributed by atoms with Crippen LogP contribution in [0.4, 0.5) is 34.5 Å². The number of carbonyl (C=O) groups is 1. The Kier molecular flexibility index (Phi) is 10.4. The minimum Gasteiger partial charge on any atom is -0.494 e. The summed E-state index contributed by atoms with van der Waals surface area (Å²) in [5.74, 6) is 0.772. The number of halogens is 1. The summed E-state index contributed by atoms with van der Waals surface area (Å²) in [7, 11) is -2.02. The van der Waals surface area contributed by atoms with Gasteiger partial charge >= 0.3 is 0 Å². The third-order valence-electron chi connectivity index (χ3n) is 5.98. The van der Waals surface area contributed by atoms with E-state index in [4.69, 9.17) is 25.8 Å². The number of sulfonamides is 1. The molecule has 3 aromatic rings. The molecule has 4 rings (SSSR count). The molecule has 0 aliphatic carbocycles. The molecule has 1 aliphatic rings. The van der Waals surface area contributed by atoms with Gasteiger partial charge in [0.2, 0.25) is 21.9 Å². The van der Waals surface area contributed by atoms with E-state index in [0.29, 0.717) is 60.6 Å². The lowest BCUT2D eigenvalue weighted by atomic mass is 10.2. The molecule has 1 saturated heterocycles. The highest BCUT2D eigenvalue weighted by Gasteiger charge is 2.17. The number of aromatic nitrogens is 2. The molecule has 0 saturated carbocycles. The molecule has 0 radical (unpaired) electrons. The van der Waals surface area contributed by atoms with Crippen molar-refractivity contribution < 1.29 is 27.4 Å². The summed E-state index contributed by atoms with van der Waals surface area (Å²) in [5, 5.41) is 9.09. The number of methoxy groups -OCH3 is 1. The lowest BCUT2D eigenvalue weighted by Gasteiger charge is -2.26. The lowest BCUT2D eigenvalue weighted by Crippen LogP contribution is -2.38. The van der Waals surface area contributed by atoms with Crippen molar-refractivity contribution in [3.05, 3.63) is 60.3 Å². The Morgan fingerprint density at radius 3 is 2.55 bits per heavy atom.